The van der Waals surface area contributed by atoms with Crippen molar-refractivity contribution in [3.05, 3.63) is 96.9 Å². The number of thiophene rings is 1. The van der Waals surface area contributed by atoms with Crippen molar-refractivity contribution in [1.29, 1.82) is 0 Å². The smallest absolute Gasteiger partial charge is 0.270 e. The van der Waals surface area contributed by atoms with Crippen molar-refractivity contribution in [3.63, 3.8) is 0 Å². The van der Waals surface area contributed by atoms with E-state index in [9.17, 15) is 19.7 Å². The third-order valence-corrected chi connectivity index (χ3v) is 7.55. The normalized spacial score (nSPS) is 13.6. The minimum Gasteiger partial charge on any atom is -0.285 e. The van der Waals surface area contributed by atoms with E-state index in [1.807, 2.05) is 6.07 Å². The molecule has 1 aliphatic rings. The van der Waals surface area contributed by atoms with E-state index in [0.29, 0.717) is 21.5 Å². The number of aryl methyl sites for hydroxylation is 2. The van der Waals surface area contributed by atoms with E-state index in [1.54, 1.807) is 24.3 Å². The monoisotopic (exact) mass is 485 g/mol. The van der Waals surface area contributed by atoms with Gasteiger partial charge in [0, 0.05) is 22.6 Å². The summed E-state index contributed by atoms with van der Waals surface area (Å²) >= 11 is 1.53. The molecule has 0 fully saturated rings. The van der Waals surface area contributed by atoms with Gasteiger partial charge in [-0.25, -0.2) is 9.38 Å². The number of nitro groups is 1. The van der Waals surface area contributed by atoms with Crippen LogP contribution in [0.3, 0.4) is 0 Å². The van der Waals surface area contributed by atoms with Crippen molar-refractivity contribution in [2.45, 2.75) is 32.1 Å². The lowest BCUT2D eigenvalue weighted by atomic mass is 10.1. The first kappa shape index (κ1) is 21.4. The van der Waals surface area contributed by atoms with Gasteiger partial charge in [0.25, 0.3) is 11.2 Å². The number of nitrogens with zero attached hydrogens (tertiary/aromatic N) is 5. The summed E-state index contributed by atoms with van der Waals surface area (Å²) in [5.74, 6) is -0.245. The number of hydrogen-bond acceptors (Lipinski definition) is 7. The minimum absolute atomic E-state index is 0.0440. The van der Waals surface area contributed by atoms with E-state index in [2.05, 4.69) is 5.10 Å². The first-order valence-electron chi connectivity index (χ1n) is 11.3. The average Bonchev–Trinajstić information content (AvgIpc) is 3.34. The molecule has 0 spiro atoms. The largest absolute Gasteiger partial charge is 0.285 e. The highest BCUT2D eigenvalue weighted by Crippen LogP contribution is 2.33. The van der Waals surface area contributed by atoms with Crippen LogP contribution >= 0.6 is 11.3 Å². The Hall–Kier alpha value is -4.18. The first-order valence-corrected chi connectivity index (χ1v) is 12.1. The summed E-state index contributed by atoms with van der Waals surface area (Å²) in [6.45, 7) is 0. The molecule has 1 aliphatic carbocycles. The molecule has 0 saturated heterocycles. The van der Waals surface area contributed by atoms with Crippen LogP contribution in [0.1, 0.15) is 45.9 Å². The molecule has 0 aliphatic heterocycles. The summed E-state index contributed by atoms with van der Waals surface area (Å²) in [5.41, 5.74) is 1.52. The molecule has 9 nitrogen and oxygen atoms in total. The van der Waals surface area contributed by atoms with E-state index >= 15 is 0 Å². The van der Waals surface area contributed by atoms with E-state index in [-0.39, 0.29) is 22.8 Å². The molecule has 5 aromatic rings. The van der Waals surface area contributed by atoms with E-state index in [0.717, 1.165) is 37.7 Å². The van der Waals surface area contributed by atoms with E-state index in [1.165, 1.54) is 49.6 Å². The Balaban J connectivity index is 1.65. The van der Waals surface area contributed by atoms with Crippen LogP contribution in [-0.4, -0.2) is 29.9 Å². The summed E-state index contributed by atoms with van der Waals surface area (Å²) in [6.07, 6.45) is 4.95. The Bertz CT molecular complexity index is 1680. The van der Waals surface area contributed by atoms with Crippen LogP contribution in [-0.2, 0) is 12.8 Å². The second-order valence-corrected chi connectivity index (χ2v) is 9.58. The Labute approximate surface area is 202 Å². The SMILES string of the molecule is O=C(c1ccccc1)c1nn(-c2ccc([N+](=O)[O-])cc2)c2nc3sc4c(c3c(=O)n12)CCCCC4. The zero-order chi connectivity index (χ0) is 24.1. The maximum atomic E-state index is 13.9. The highest BCUT2D eigenvalue weighted by Gasteiger charge is 2.26. The summed E-state index contributed by atoms with van der Waals surface area (Å²) in [5, 5.41) is 16.2. The average molecular weight is 486 g/mol. The van der Waals surface area contributed by atoms with Crippen LogP contribution in [0.25, 0.3) is 21.7 Å². The molecule has 0 saturated carbocycles. The summed E-state index contributed by atoms with van der Waals surface area (Å²) in [7, 11) is 0. The molecule has 2 aromatic carbocycles. The predicted octanol–water partition coefficient (Wildman–Crippen LogP) is 4.50. The molecule has 10 heteroatoms. The van der Waals surface area contributed by atoms with Gasteiger partial charge >= 0.3 is 0 Å². The molecule has 174 valence electrons. The molecular weight excluding hydrogens is 466 g/mol. The van der Waals surface area contributed by atoms with Crippen molar-refractivity contribution in [1.82, 2.24) is 19.2 Å². The first-order chi connectivity index (χ1) is 17.0. The number of fused-ring (bicyclic) bond motifs is 4. The Morgan fingerprint density at radius 2 is 1.74 bits per heavy atom. The van der Waals surface area contributed by atoms with Crippen molar-refractivity contribution >= 4 is 38.8 Å². The topological polar surface area (TPSA) is 112 Å². The van der Waals surface area contributed by atoms with Crippen molar-refractivity contribution in [3.8, 4) is 5.69 Å². The van der Waals surface area contributed by atoms with Crippen molar-refractivity contribution in [2.75, 3.05) is 0 Å². The zero-order valence-electron chi connectivity index (χ0n) is 18.5. The molecule has 0 unspecified atom stereocenters. The Kier molecular flexibility index (Phi) is 5.03. The highest BCUT2D eigenvalue weighted by molar-refractivity contribution is 7.18. The van der Waals surface area contributed by atoms with Gasteiger partial charge in [-0.05, 0) is 43.4 Å². The summed E-state index contributed by atoms with van der Waals surface area (Å²) in [6, 6.07) is 14.4. The molecule has 0 N–H and O–H groups in total. The third-order valence-electron chi connectivity index (χ3n) is 6.36. The van der Waals surface area contributed by atoms with Crippen LogP contribution in [0.2, 0.25) is 0 Å². The van der Waals surface area contributed by atoms with Gasteiger partial charge in [0.15, 0.2) is 0 Å². The lowest BCUT2D eigenvalue weighted by Gasteiger charge is -2.03. The number of carbonyl (C=O) groups is 1. The van der Waals surface area contributed by atoms with Crippen molar-refractivity contribution in [2.24, 2.45) is 0 Å². The van der Waals surface area contributed by atoms with Crippen molar-refractivity contribution < 1.29 is 9.72 Å². The molecule has 3 aromatic heterocycles. The Morgan fingerprint density at radius 3 is 2.49 bits per heavy atom. The van der Waals surface area contributed by atoms with Gasteiger partial charge in [-0.2, -0.15) is 4.68 Å². The summed E-state index contributed by atoms with van der Waals surface area (Å²) in [4.78, 5) is 44.6. The number of aromatic nitrogens is 4. The third kappa shape index (κ3) is 3.45. The quantitative estimate of drug-likeness (QED) is 0.160. The number of rotatable bonds is 4. The Morgan fingerprint density at radius 1 is 1.00 bits per heavy atom. The van der Waals surface area contributed by atoms with Gasteiger partial charge in [-0.3, -0.25) is 19.7 Å². The number of nitro benzene ring substituents is 1. The zero-order valence-corrected chi connectivity index (χ0v) is 19.3. The van der Waals surface area contributed by atoms with Crippen LogP contribution < -0.4 is 5.56 Å². The number of carbonyl (C=O) groups excluding carboxylic acids is 1. The number of hydrogen-bond donors (Lipinski definition) is 0. The van der Waals surface area contributed by atoms with Crippen LogP contribution in [0, 0.1) is 10.1 Å². The molecule has 0 bridgehead atoms. The number of non-ortho nitro benzene ring substituents is 1. The fraction of sp³-hybridized carbons (Fsp3) is 0.200. The fourth-order valence-electron chi connectivity index (χ4n) is 4.64. The van der Waals surface area contributed by atoms with E-state index in [4.69, 9.17) is 4.98 Å². The lowest BCUT2D eigenvalue weighted by Crippen LogP contribution is -2.20. The molecule has 0 radical (unpaired) electrons. The second-order valence-electron chi connectivity index (χ2n) is 8.50. The van der Waals surface area contributed by atoms with Gasteiger partial charge in [-0.15, -0.1) is 16.4 Å². The second kappa shape index (κ2) is 8.24. The van der Waals surface area contributed by atoms with Crippen LogP contribution in [0.15, 0.2) is 59.4 Å². The molecular formula is C25H19N5O4S. The van der Waals surface area contributed by atoms with Gasteiger partial charge in [0.1, 0.15) is 4.83 Å². The van der Waals surface area contributed by atoms with Crippen LogP contribution in [0.5, 0.6) is 0 Å². The molecule has 6 rings (SSSR count). The lowest BCUT2D eigenvalue weighted by molar-refractivity contribution is -0.384. The standard InChI is InChI=1S/C25H19N5O4S/c31-21(15-7-3-1-4-8-15)22-27-29(16-11-13-17(14-12-16)30(33)34)25-26-23-20(24(32)28(22)25)18-9-5-2-6-10-19(18)35-23/h1,3-4,7-8,11-14H,2,5-6,9-10H2. The molecule has 3 heterocycles. The predicted molar refractivity (Wildman–Crippen MR) is 132 cm³/mol. The number of ketones is 1. The maximum Gasteiger partial charge on any atom is 0.270 e. The number of benzene rings is 2. The highest BCUT2D eigenvalue weighted by atomic mass is 32.1. The van der Waals surface area contributed by atoms with Gasteiger partial charge in [-0.1, -0.05) is 36.8 Å². The van der Waals surface area contributed by atoms with Gasteiger partial charge in [0.05, 0.1) is 16.0 Å². The maximum absolute atomic E-state index is 13.9. The van der Waals surface area contributed by atoms with Gasteiger partial charge in [0.2, 0.25) is 17.4 Å². The van der Waals surface area contributed by atoms with Crippen LogP contribution in [0.4, 0.5) is 5.69 Å². The van der Waals surface area contributed by atoms with Gasteiger partial charge < -0.3 is 0 Å². The fourth-order valence-corrected chi connectivity index (χ4v) is 5.89. The van der Waals surface area contributed by atoms with E-state index < -0.39 is 10.7 Å². The molecule has 0 amide bonds. The summed E-state index contributed by atoms with van der Waals surface area (Å²) < 4.78 is 2.70. The minimum atomic E-state index is -0.486. The molecule has 0 atom stereocenters. The molecule has 35 heavy (non-hydrogen) atoms.